The highest BCUT2D eigenvalue weighted by atomic mass is 32.2. The molecule has 1 N–H and O–H groups in total. The molecule has 0 saturated carbocycles. The van der Waals surface area contributed by atoms with Crippen LogP contribution in [0.4, 0.5) is 0 Å². The number of hydrogen-bond donors (Lipinski definition) is 1. The maximum atomic E-state index is 12.3. The van der Waals surface area contributed by atoms with Gasteiger partial charge < -0.3 is 0 Å². The topological polar surface area (TPSA) is 94.2 Å². The number of aromatic nitrogens is 2. The van der Waals surface area contributed by atoms with Crippen LogP contribution in [0.15, 0.2) is 44.5 Å². The predicted molar refractivity (Wildman–Crippen MR) is 79.0 cm³/mol. The van der Waals surface area contributed by atoms with E-state index in [4.69, 9.17) is 4.52 Å². The first-order valence-electron chi connectivity index (χ1n) is 7.20. The maximum Gasteiger partial charge on any atom is 0.441 e. The average molecular weight is 323 g/mol. The molecule has 22 heavy (non-hydrogen) atoms. The molecule has 0 spiro atoms. The quantitative estimate of drug-likeness (QED) is 0.908. The SMILES string of the molecule is O=c1onc2n1C(CNS(=O)(=O)c1ccccc1)CCCC2. The van der Waals surface area contributed by atoms with Crippen molar-refractivity contribution >= 4 is 10.0 Å². The number of aryl methyl sites for hydroxylation is 1. The van der Waals surface area contributed by atoms with E-state index in [0.29, 0.717) is 18.7 Å². The van der Waals surface area contributed by atoms with Crippen LogP contribution < -0.4 is 10.5 Å². The molecule has 3 rings (SSSR count). The van der Waals surface area contributed by atoms with Gasteiger partial charge in [0.15, 0.2) is 5.82 Å². The Bertz CT molecular complexity index is 795. The molecule has 0 saturated heterocycles. The minimum absolute atomic E-state index is 0.144. The fraction of sp³-hybridized carbons (Fsp3) is 0.429. The third kappa shape index (κ3) is 2.97. The molecule has 0 radical (unpaired) electrons. The van der Waals surface area contributed by atoms with Gasteiger partial charge in [-0.1, -0.05) is 29.8 Å². The van der Waals surface area contributed by atoms with Gasteiger partial charge in [0.05, 0.1) is 10.9 Å². The summed E-state index contributed by atoms with van der Waals surface area (Å²) in [7, 11) is -3.59. The van der Waals surface area contributed by atoms with Gasteiger partial charge in [-0.3, -0.25) is 9.09 Å². The second kappa shape index (κ2) is 6.05. The van der Waals surface area contributed by atoms with Gasteiger partial charge >= 0.3 is 5.76 Å². The number of sulfonamides is 1. The van der Waals surface area contributed by atoms with Crippen molar-refractivity contribution in [2.75, 3.05) is 6.54 Å². The van der Waals surface area contributed by atoms with Gasteiger partial charge in [0.2, 0.25) is 10.0 Å². The molecule has 1 aromatic carbocycles. The third-order valence-corrected chi connectivity index (χ3v) is 5.26. The monoisotopic (exact) mass is 323 g/mol. The van der Waals surface area contributed by atoms with E-state index in [9.17, 15) is 13.2 Å². The van der Waals surface area contributed by atoms with Crippen LogP contribution in [-0.4, -0.2) is 24.7 Å². The lowest BCUT2D eigenvalue weighted by molar-refractivity contribution is 0.352. The third-order valence-electron chi connectivity index (χ3n) is 3.82. The number of fused-ring (bicyclic) bond motifs is 1. The summed E-state index contributed by atoms with van der Waals surface area (Å²) in [5, 5.41) is 3.77. The Morgan fingerprint density at radius 2 is 2.05 bits per heavy atom. The van der Waals surface area contributed by atoms with Crippen molar-refractivity contribution in [2.24, 2.45) is 0 Å². The zero-order chi connectivity index (χ0) is 15.6. The summed E-state index contributed by atoms with van der Waals surface area (Å²) in [5.41, 5.74) is 0. The van der Waals surface area contributed by atoms with Crippen LogP contribution in [0.25, 0.3) is 0 Å². The molecule has 2 aromatic rings. The fourth-order valence-corrected chi connectivity index (χ4v) is 3.78. The Morgan fingerprint density at radius 1 is 1.27 bits per heavy atom. The van der Waals surface area contributed by atoms with Gasteiger partial charge in [0.1, 0.15) is 0 Å². The summed E-state index contributed by atoms with van der Waals surface area (Å²) in [6, 6.07) is 7.90. The molecule has 7 nitrogen and oxygen atoms in total. The van der Waals surface area contributed by atoms with Crippen molar-refractivity contribution in [2.45, 2.75) is 36.6 Å². The summed E-state index contributed by atoms with van der Waals surface area (Å²) in [4.78, 5) is 12.0. The first-order chi connectivity index (χ1) is 10.6. The molecular weight excluding hydrogens is 306 g/mol. The second-order valence-electron chi connectivity index (χ2n) is 5.30. The molecular formula is C14H17N3O4S. The molecule has 2 heterocycles. The fourth-order valence-electron chi connectivity index (χ4n) is 2.69. The minimum atomic E-state index is -3.59. The summed E-state index contributed by atoms with van der Waals surface area (Å²) in [6.45, 7) is 0.144. The second-order valence-corrected chi connectivity index (χ2v) is 7.07. The molecule has 0 fully saturated rings. The highest BCUT2D eigenvalue weighted by Crippen LogP contribution is 2.21. The van der Waals surface area contributed by atoms with Crippen LogP contribution in [0.1, 0.15) is 31.1 Å². The molecule has 0 amide bonds. The van der Waals surface area contributed by atoms with Gasteiger partial charge in [-0.2, -0.15) is 0 Å². The van der Waals surface area contributed by atoms with Crippen LogP contribution in [0.2, 0.25) is 0 Å². The summed E-state index contributed by atoms with van der Waals surface area (Å²) in [5.74, 6) is 0.0622. The minimum Gasteiger partial charge on any atom is -0.296 e. The first-order valence-corrected chi connectivity index (χ1v) is 8.68. The zero-order valence-corrected chi connectivity index (χ0v) is 12.8. The van der Waals surface area contributed by atoms with Gasteiger partial charge in [-0.15, -0.1) is 0 Å². The van der Waals surface area contributed by atoms with Crippen molar-refractivity contribution in [3.63, 3.8) is 0 Å². The van der Waals surface area contributed by atoms with Crippen LogP contribution in [0, 0.1) is 0 Å². The number of rotatable bonds is 4. The van der Waals surface area contributed by atoms with Crippen LogP contribution >= 0.6 is 0 Å². The van der Waals surface area contributed by atoms with E-state index in [0.717, 1.165) is 12.8 Å². The molecule has 0 bridgehead atoms. The lowest BCUT2D eigenvalue weighted by Gasteiger charge is -2.16. The van der Waals surface area contributed by atoms with Crippen molar-refractivity contribution in [1.82, 2.24) is 14.4 Å². The van der Waals surface area contributed by atoms with E-state index in [-0.39, 0.29) is 17.5 Å². The number of nitrogens with zero attached hydrogens (tertiary/aromatic N) is 2. The van der Waals surface area contributed by atoms with E-state index < -0.39 is 15.8 Å². The van der Waals surface area contributed by atoms with E-state index in [1.54, 1.807) is 18.2 Å². The highest BCUT2D eigenvalue weighted by molar-refractivity contribution is 7.89. The van der Waals surface area contributed by atoms with Crippen LogP contribution in [0.3, 0.4) is 0 Å². The van der Waals surface area contributed by atoms with Gasteiger partial charge in [0, 0.05) is 13.0 Å². The summed E-state index contributed by atoms with van der Waals surface area (Å²) >= 11 is 0. The molecule has 1 aromatic heterocycles. The Kier molecular flexibility index (Phi) is 4.12. The number of hydrogen-bond acceptors (Lipinski definition) is 5. The Labute approximate surface area is 128 Å². The average Bonchev–Trinajstić information content (AvgIpc) is 2.77. The Balaban J connectivity index is 1.79. The molecule has 118 valence electrons. The van der Waals surface area contributed by atoms with Gasteiger partial charge in [0.25, 0.3) is 0 Å². The van der Waals surface area contributed by atoms with E-state index >= 15 is 0 Å². The van der Waals surface area contributed by atoms with E-state index in [2.05, 4.69) is 9.88 Å². The predicted octanol–water partition coefficient (Wildman–Crippen LogP) is 1.08. The zero-order valence-electron chi connectivity index (χ0n) is 11.9. The Morgan fingerprint density at radius 3 is 2.82 bits per heavy atom. The molecule has 8 heteroatoms. The Hall–Kier alpha value is -1.93. The first kappa shape index (κ1) is 15.0. The molecule has 1 unspecified atom stereocenters. The van der Waals surface area contributed by atoms with Crippen LogP contribution in [-0.2, 0) is 16.4 Å². The number of nitrogens with one attached hydrogen (secondary N) is 1. The van der Waals surface area contributed by atoms with Crippen LogP contribution in [0.5, 0.6) is 0 Å². The smallest absolute Gasteiger partial charge is 0.296 e. The standard InChI is InChI=1S/C14H17N3O4S/c18-14-17-11(6-4-5-9-13(17)16-21-14)10-15-22(19,20)12-7-2-1-3-8-12/h1-3,7-8,11,15H,4-6,9-10H2. The van der Waals surface area contributed by atoms with E-state index in [1.165, 1.54) is 16.7 Å². The molecule has 1 aliphatic heterocycles. The van der Waals surface area contributed by atoms with Crippen molar-refractivity contribution < 1.29 is 12.9 Å². The largest absolute Gasteiger partial charge is 0.441 e. The van der Waals surface area contributed by atoms with Crippen molar-refractivity contribution in [3.8, 4) is 0 Å². The van der Waals surface area contributed by atoms with E-state index in [1.807, 2.05) is 0 Å². The van der Waals surface area contributed by atoms with Gasteiger partial charge in [-0.05, 0) is 25.0 Å². The lowest BCUT2D eigenvalue weighted by atomic mass is 10.1. The van der Waals surface area contributed by atoms with Gasteiger partial charge in [-0.25, -0.2) is 17.9 Å². The molecule has 1 aliphatic rings. The highest BCUT2D eigenvalue weighted by Gasteiger charge is 2.25. The summed E-state index contributed by atoms with van der Waals surface area (Å²) < 4.78 is 33.3. The molecule has 0 aliphatic carbocycles. The van der Waals surface area contributed by atoms with Crippen molar-refractivity contribution in [3.05, 3.63) is 46.7 Å². The maximum absolute atomic E-state index is 12.3. The normalized spacial score (nSPS) is 18.6. The summed E-state index contributed by atoms with van der Waals surface area (Å²) in [6.07, 6.45) is 3.22. The number of benzene rings is 1. The van der Waals surface area contributed by atoms with Crippen molar-refractivity contribution in [1.29, 1.82) is 0 Å². The molecule has 1 atom stereocenters. The lowest BCUT2D eigenvalue weighted by Crippen LogP contribution is -2.34.